The van der Waals surface area contributed by atoms with Crippen molar-refractivity contribution in [2.24, 2.45) is 5.92 Å². The van der Waals surface area contributed by atoms with Gasteiger partial charge in [0.05, 0.1) is 5.92 Å². The molecule has 0 radical (unpaired) electrons. The lowest BCUT2D eigenvalue weighted by atomic mass is 9.97. The van der Waals surface area contributed by atoms with E-state index < -0.39 is 0 Å². The van der Waals surface area contributed by atoms with Crippen molar-refractivity contribution in [3.05, 3.63) is 42.1 Å². The Morgan fingerprint density at radius 3 is 2.73 bits per heavy atom. The number of amides is 1. The van der Waals surface area contributed by atoms with Crippen molar-refractivity contribution < 1.29 is 4.79 Å². The van der Waals surface area contributed by atoms with Gasteiger partial charge in [0, 0.05) is 31.0 Å². The van der Waals surface area contributed by atoms with E-state index in [0.29, 0.717) is 18.5 Å². The van der Waals surface area contributed by atoms with Crippen molar-refractivity contribution in [1.82, 2.24) is 15.3 Å². The molecule has 1 saturated carbocycles. The second kappa shape index (κ2) is 7.32. The van der Waals surface area contributed by atoms with E-state index in [1.54, 1.807) is 6.20 Å². The number of rotatable bonds is 5. The summed E-state index contributed by atoms with van der Waals surface area (Å²) < 4.78 is 0. The van der Waals surface area contributed by atoms with Gasteiger partial charge in [-0.25, -0.2) is 4.98 Å². The van der Waals surface area contributed by atoms with E-state index >= 15 is 0 Å². The zero-order chi connectivity index (χ0) is 17.9. The van der Waals surface area contributed by atoms with Gasteiger partial charge in [0.25, 0.3) is 0 Å². The summed E-state index contributed by atoms with van der Waals surface area (Å²) >= 11 is 0. The van der Waals surface area contributed by atoms with Crippen molar-refractivity contribution in [3.8, 4) is 0 Å². The quantitative estimate of drug-likeness (QED) is 0.866. The third kappa shape index (κ3) is 4.12. The van der Waals surface area contributed by atoms with Crippen LogP contribution >= 0.6 is 0 Å². The number of hydrogen-bond acceptors (Lipinski definition) is 5. The Labute approximate surface area is 154 Å². The zero-order valence-corrected chi connectivity index (χ0v) is 15.1. The van der Waals surface area contributed by atoms with Crippen LogP contribution in [0.5, 0.6) is 0 Å². The maximum Gasteiger partial charge on any atom is 0.227 e. The highest BCUT2D eigenvalue weighted by Gasteiger charge is 2.31. The van der Waals surface area contributed by atoms with Crippen LogP contribution in [0.2, 0.25) is 0 Å². The van der Waals surface area contributed by atoms with Crippen LogP contribution in [0.4, 0.5) is 17.5 Å². The fourth-order valence-corrected chi connectivity index (χ4v) is 3.27. The van der Waals surface area contributed by atoms with Crippen molar-refractivity contribution in [2.75, 3.05) is 23.3 Å². The van der Waals surface area contributed by atoms with Crippen LogP contribution in [0, 0.1) is 12.8 Å². The molecule has 6 nitrogen and oxygen atoms in total. The Hall–Kier alpha value is -2.63. The van der Waals surface area contributed by atoms with E-state index in [-0.39, 0.29) is 11.8 Å². The summed E-state index contributed by atoms with van der Waals surface area (Å²) in [6.07, 6.45) is 5.95. The minimum absolute atomic E-state index is 0.0293. The van der Waals surface area contributed by atoms with Gasteiger partial charge in [-0.2, -0.15) is 4.98 Å². The first-order valence-corrected chi connectivity index (χ1v) is 9.39. The molecule has 136 valence electrons. The number of nitrogens with one attached hydrogen (secondary N) is 2. The van der Waals surface area contributed by atoms with E-state index in [1.165, 1.54) is 5.56 Å². The van der Waals surface area contributed by atoms with Crippen molar-refractivity contribution in [2.45, 2.75) is 38.6 Å². The predicted molar refractivity (Wildman–Crippen MR) is 103 cm³/mol. The highest BCUT2D eigenvalue weighted by Crippen LogP contribution is 2.24. The van der Waals surface area contributed by atoms with Crippen molar-refractivity contribution in [3.63, 3.8) is 0 Å². The monoisotopic (exact) mass is 351 g/mol. The van der Waals surface area contributed by atoms with E-state index in [2.05, 4.69) is 44.6 Å². The molecule has 1 atom stereocenters. The number of piperidine rings is 1. The van der Waals surface area contributed by atoms with E-state index in [0.717, 1.165) is 43.7 Å². The summed E-state index contributed by atoms with van der Waals surface area (Å²) in [5, 5.41) is 6.45. The van der Waals surface area contributed by atoms with E-state index in [9.17, 15) is 4.79 Å². The normalized spacial score (nSPS) is 19.9. The van der Waals surface area contributed by atoms with Gasteiger partial charge in [-0.15, -0.1) is 0 Å². The number of benzene rings is 1. The lowest BCUT2D eigenvalue weighted by Gasteiger charge is -2.32. The molecule has 1 aromatic carbocycles. The lowest BCUT2D eigenvalue weighted by Crippen LogP contribution is -2.44. The highest BCUT2D eigenvalue weighted by atomic mass is 16.2. The first-order chi connectivity index (χ1) is 12.7. The Bertz CT molecular complexity index is 772. The number of carbonyl (C=O) groups is 1. The molecule has 26 heavy (non-hydrogen) atoms. The smallest absolute Gasteiger partial charge is 0.227 e. The van der Waals surface area contributed by atoms with Crippen LogP contribution in [0.15, 0.2) is 36.5 Å². The first-order valence-electron chi connectivity index (χ1n) is 9.39. The Balaban J connectivity index is 1.43. The Kier molecular flexibility index (Phi) is 4.73. The van der Waals surface area contributed by atoms with Gasteiger partial charge in [-0.3, -0.25) is 4.79 Å². The molecule has 2 fully saturated rings. The molecule has 0 spiro atoms. The summed E-state index contributed by atoms with van der Waals surface area (Å²) in [6, 6.07) is 10.5. The fourth-order valence-electron chi connectivity index (χ4n) is 3.27. The molecule has 2 aliphatic rings. The number of aromatic nitrogens is 2. The van der Waals surface area contributed by atoms with Crippen molar-refractivity contribution in [1.29, 1.82) is 0 Å². The van der Waals surface area contributed by atoms with Gasteiger partial charge in [-0.05, 0) is 50.8 Å². The van der Waals surface area contributed by atoms with Gasteiger partial charge in [0.2, 0.25) is 11.9 Å². The molecule has 4 rings (SSSR count). The van der Waals surface area contributed by atoms with Crippen LogP contribution in [-0.2, 0) is 4.79 Å². The van der Waals surface area contributed by atoms with Gasteiger partial charge >= 0.3 is 0 Å². The zero-order valence-electron chi connectivity index (χ0n) is 15.1. The van der Waals surface area contributed by atoms with Gasteiger partial charge in [-0.1, -0.05) is 17.7 Å². The van der Waals surface area contributed by atoms with Crippen LogP contribution in [0.1, 0.15) is 31.2 Å². The molecule has 6 heteroatoms. The van der Waals surface area contributed by atoms with Crippen molar-refractivity contribution >= 4 is 23.4 Å². The molecule has 1 aromatic heterocycles. The molecule has 0 bridgehead atoms. The van der Waals surface area contributed by atoms with Crippen LogP contribution < -0.4 is 15.5 Å². The molecule has 1 aliphatic carbocycles. The molecule has 1 unspecified atom stereocenters. The first kappa shape index (κ1) is 16.8. The second-order valence-electron chi connectivity index (χ2n) is 7.30. The summed E-state index contributed by atoms with van der Waals surface area (Å²) in [5.41, 5.74) is 2.23. The topological polar surface area (TPSA) is 70.2 Å². The summed E-state index contributed by atoms with van der Waals surface area (Å²) in [6.45, 7) is 3.65. The molecule has 1 saturated heterocycles. The van der Waals surface area contributed by atoms with E-state index in [1.807, 2.05) is 18.2 Å². The average molecular weight is 351 g/mol. The standard InChI is InChI=1S/C20H25N5O/c1-14-4-6-16(7-5-14)22-18-10-11-21-20(24-18)25-12-2-3-15(13-25)19(26)23-17-8-9-17/h4-7,10-11,15,17H,2-3,8-9,12-13H2,1H3,(H,23,26)(H,21,22,24). The molecule has 1 aliphatic heterocycles. The second-order valence-corrected chi connectivity index (χ2v) is 7.30. The molecule has 2 N–H and O–H groups in total. The summed E-state index contributed by atoms with van der Waals surface area (Å²) in [4.78, 5) is 23.6. The highest BCUT2D eigenvalue weighted by molar-refractivity contribution is 5.80. The minimum Gasteiger partial charge on any atom is -0.353 e. The number of nitrogens with zero attached hydrogens (tertiary/aromatic N) is 3. The minimum atomic E-state index is 0.0293. The third-order valence-electron chi connectivity index (χ3n) is 4.97. The third-order valence-corrected chi connectivity index (χ3v) is 4.97. The average Bonchev–Trinajstić information content (AvgIpc) is 3.48. The molecular formula is C20H25N5O. The molecule has 1 amide bonds. The van der Waals surface area contributed by atoms with Crippen LogP contribution in [-0.4, -0.2) is 35.0 Å². The number of anilines is 3. The maximum atomic E-state index is 12.4. The number of carbonyl (C=O) groups excluding carboxylic acids is 1. The van der Waals surface area contributed by atoms with Gasteiger partial charge in [0.1, 0.15) is 5.82 Å². The molecule has 2 heterocycles. The molecule has 2 aromatic rings. The largest absolute Gasteiger partial charge is 0.353 e. The summed E-state index contributed by atoms with van der Waals surface area (Å²) in [7, 11) is 0. The Morgan fingerprint density at radius 1 is 1.15 bits per heavy atom. The SMILES string of the molecule is Cc1ccc(Nc2ccnc(N3CCCC(C(=O)NC4CC4)C3)n2)cc1. The van der Waals surface area contributed by atoms with Gasteiger partial charge in [0.15, 0.2) is 0 Å². The lowest BCUT2D eigenvalue weighted by molar-refractivity contribution is -0.125. The van der Waals surface area contributed by atoms with Crippen LogP contribution in [0.3, 0.4) is 0 Å². The number of hydrogen-bond donors (Lipinski definition) is 2. The Morgan fingerprint density at radius 2 is 1.96 bits per heavy atom. The summed E-state index contributed by atoms with van der Waals surface area (Å²) in [5.74, 6) is 1.67. The van der Waals surface area contributed by atoms with E-state index in [4.69, 9.17) is 0 Å². The molecular weight excluding hydrogens is 326 g/mol. The van der Waals surface area contributed by atoms with Crippen LogP contribution in [0.25, 0.3) is 0 Å². The maximum absolute atomic E-state index is 12.4. The number of aryl methyl sites for hydroxylation is 1. The fraction of sp³-hybridized carbons (Fsp3) is 0.450. The van der Waals surface area contributed by atoms with Gasteiger partial charge < -0.3 is 15.5 Å². The predicted octanol–water partition coefficient (Wildman–Crippen LogP) is 3.02.